The van der Waals surface area contributed by atoms with Gasteiger partial charge in [0.05, 0.1) is 6.54 Å². The van der Waals surface area contributed by atoms with E-state index in [1.54, 1.807) is 12.1 Å². The molecule has 0 atom stereocenters. The van der Waals surface area contributed by atoms with E-state index in [9.17, 15) is 9.59 Å². The van der Waals surface area contributed by atoms with Gasteiger partial charge in [-0.05, 0) is 36.6 Å². The van der Waals surface area contributed by atoms with Gasteiger partial charge in [-0.2, -0.15) is 0 Å². The first kappa shape index (κ1) is 15.8. The number of carbonyl (C=O) groups excluding carboxylic acids is 2. The van der Waals surface area contributed by atoms with Crippen LogP contribution in [0.3, 0.4) is 0 Å². The van der Waals surface area contributed by atoms with Crippen LogP contribution in [0.4, 0.5) is 5.69 Å². The number of nitrogens with one attached hydrogen (secondary N) is 2. The molecule has 0 heterocycles. The summed E-state index contributed by atoms with van der Waals surface area (Å²) in [7, 11) is 0. The van der Waals surface area contributed by atoms with Crippen molar-refractivity contribution in [2.45, 2.75) is 20.3 Å². The van der Waals surface area contributed by atoms with Gasteiger partial charge in [-0.3, -0.25) is 9.59 Å². The van der Waals surface area contributed by atoms with E-state index in [1.807, 2.05) is 50.2 Å². The molecule has 0 bridgehead atoms. The van der Waals surface area contributed by atoms with Crippen LogP contribution in [0, 0.1) is 6.92 Å². The summed E-state index contributed by atoms with van der Waals surface area (Å²) in [6.45, 7) is 3.85. The Hall–Kier alpha value is -2.62. The van der Waals surface area contributed by atoms with Crippen molar-refractivity contribution in [1.82, 2.24) is 5.32 Å². The van der Waals surface area contributed by atoms with E-state index in [0.717, 1.165) is 23.2 Å². The molecule has 2 N–H and O–H groups in total. The molecule has 114 valence electrons. The van der Waals surface area contributed by atoms with Crippen molar-refractivity contribution in [3.8, 4) is 0 Å². The highest BCUT2D eigenvalue weighted by Gasteiger charge is 2.10. The monoisotopic (exact) mass is 296 g/mol. The summed E-state index contributed by atoms with van der Waals surface area (Å²) in [6.07, 6.45) is 0.839. The van der Waals surface area contributed by atoms with Crippen molar-refractivity contribution in [3.05, 3.63) is 65.2 Å². The number of anilines is 1. The van der Waals surface area contributed by atoms with E-state index >= 15 is 0 Å². The van der Waals surface area contributed by atoms with E-state index in [4.69, 9.17) is 0 Å². The number of carbonyl (C=O) groups is 2. The number of para-hydroxylation sites is 1. The Morgan fingerprint density at radius 3 is 2.41 bits per heavy atom. The zero-order valence-electron chi connectivity index (χ0n) is 12.8. The first-order chi connectivity index (χ1) is 10.6. The summed E-state index contributed by atoms with van der Waals surface area (Å²) in [5.74, 6) is -0.472. The van der Waals surface area contributed by atoms with Crippen LogP contribution in [0.5, 0.6) is 0 Å². The third-order valence-electron chi connectivity index (χ3n) is 3.47. The van der Waals surface area contributed by atoms with Gasteiger partial charge in [-0.15, -0.1) is 0 Å². The lowest BCUT2D eigenvalue weighted by atomic mass is 10.1. The minimum atomic E-state index is -0.239. The van der Waals surface area contributed by atoms with Gasteiger partial charge < -0.3 is 10.6 Å². The van der Waals surface area contributed by atoms with E-state index in [-0.39, 0.29) is 18.4 Å². The van der Waals surface area contributed by atoms with Gasteiger partial charge in [-0.25, -0.2) is 0 Å². The molecule has 0 aliphatic carbocycles. The minimum Gasteiger partial charge on any atom is -0.343 e. The molecular formula is C18H20N2O2. The topological polar surface area (TPSA) is 58.2 Å². The van der Waals surface area contributed by atoms with E-state index < -0.39 is 0 Å². The number of hydrogen-bond acceptors (Lipinski definition) is 2. The van der Waals surface area contributed by atoms with E-state index in [2.05, 4.69) is 10.6 Å². The summed E-state index contributed by atoms with van der Waals surface area (Å²) in [5.41, 5.74) is 3.34. The number of hydrogen-bond donors (Lipinski definition) is 2. The van der Waals surface area contributed by atoms with Crippen LogP contribution in [-0.2, 0) is 11.2 Å². The molecule has 0 saturated heterocycles. The predicted molar refractivity (Wildman–Crippen MR) is 88.0 cm³/mol. The van der Waals surface area contributed by atoms with Crippen LogP contribution in [0.15, 0.2) is 48.5 Å². The molecule has 0 unspecified atom stereocenters. The highest BCUT2D eigenvalue weighted by molar-refractivity contribution is 6.00. The molecule has 4 nitrogen and oxygen atoms in total. The van der Waals surface area contributed by atoms with Crippen molar-refractivity contribution in [1.29, 1.82) is 0 Å². The van der Waals surface area contributed by atoms with Crippen LogP contribution in [0.1, 0.15) is 28.4 Å². The van der Waals surface area contributed by atoms with Crippen molar-refractivity contribution in [2.75, 3.05) is 11.9 Å². The Kier molecular flexibility index (Phi) is 5.31. The molecule has 0 radical (unpaired) electrons. The Morgan fingerprint density at radius 2 is 1.68 bits per heavy atom. The highest BCUT2D eigenvalue weighted by Crippen LogP contribution is 2.15. The number of aryl methyl sites for hydroxylation is 2. The zero-order valence-corrected chi connectivity index (χ0v) is 12.8. The molecule has 2 amide bonds. The average Bonchev–Trinajstić information content (AvgIpc) is 2.53. The molecule has 2 aromatic rings. The van der Waals surface area contributed by atoms with Crippen molar-refractivity contribution in [3.63, 3.8) is 0 Å². The van der Waals surface area contributed by atoms with Crippen LogP contribution < -0.4 is 10.6 Å². The normalized spacial score (nSPS) is 10.1. The van der Waals surface area contributed by atoms with Crippen molar-refractivity contribution < 1.29 is 9.59 Å². The van der Waals surface area contributed by atoms with Crippen LogP contribution >= 0.6 is 0 Å². The molecule has 2 rings (SSSR count). The molecule has 0 spiro atoms. The number of rotatable bonds is 5. The van der Waals surface area contributed by atoms with Crippen molar-refractivity contribution >= 4 is 17.5 Å². The predicted octanol–water partition coefficient (Wildman–Crippen LogP) is 2.93. The lowest BCUT2D eigenvalue weighted by molar-refractivity contribution is -0.115. The zero-order chi connectivity index (χ0) is 15.9. The Bertz CT molecular complexity index is 680. The molecule has 0 aromatic heterocycles. The first-order valence-corrected chi connectivity index (χ1v) is 7.33. The highest BCUT2D eigenvalue weighted by atomic mass is 16.2. The van der Waals surface area contributed by atoms with E-state index in [0.29, 0.717) is 5.56 Å². The van der Waals surface area contributed by atoms with Gasteiger partial charge in [-0.1, -0.05) is 43.3 Å². The van der Waals surface area contributed by atoms with Gasteiger partial charge in [0.1, 0.15) is 0 Å². The third-order valence-corrected chi connectivity index (χ3v) is 3.47. The molecule has 0 saturated carbocycles. The number of amides is 2. The SMILES string of the molecule is CCc1ccccc1NC(=O)CNC(=O)c1ccccc1C. The maximum absolute atomic E-state index is 12.1. The smallest absolute Gasteiger partial charge is 0.251 e. The molecule has 0 aliphatic heterocycles. The van der Waals surface area contributed by atoms with Gasteiger partial charge in [0.15, 0.2) is 0 Å². The lowest BCUT2D eigenvalue weighted by Crippen LogP contribution is -2.33. The standard InChI is InChI=1S/C18H20N2O2/c1-3-14-9-5-7-11-16(14)20-17(21)12-19-18(22)15-10-6-4-8-13(15)2/h4-11H,3,12H2,1-2H3,(H,19,22)(H,20,21). The maximum Gasteiger partial charge on any atom is 0.251 e. The largest absolute Gasteiger partial charge is 0.343 e. The first-order valence-electron chi connectivity index (χ1n) is 7.33. The van der Waals surface area contributed by atoms with E-state index in [1.165, 1.54) is 0 Å². The van der Waals surface area contributed by atoms with Crippen molar-refractivity contribution in [2.24, 2.45) is 0 Å². The average molecular weight is 296 g/mol. The summed E-state index contributed by atoms with van der Waals surface area (Å²) >= 11 is 0. The molecule has 0 fully saturated rings. The summed E-state index contributed by atoms with van der Waals surface area (Å²) < 4.78 is 0. The lowest BCUT2D eigenvalue weighted by Gasteiger charge is -2.11. The van der Waals surface area contributed by atoms with Crippen LogP contribution in [0.25, 0.3) is 0 Å². The third kappa shape index (κ3) is 3.95. The Balaban J connectivity index is 1.93. The minimum absolute atomic E-state index is 0.0504. The van der Waals surface area contributed by atoms with Crippen LogP contribution in [-0.4, -0.2) is 18.4 Å². The Morgan fingerprint density at radius 1 is 1.00 bits per heavy atom. The summed E-state index contributed by atoms with van der Waals surface area (Å²) in [6, 6.07) is 14.9. The summed E-state index contributed by atoms with van der Waals surface area (Å²) in [4.78, 5) is 24.0. The molecule has 2 aromatic carbocycles. The van der Waals surface area contributed by atoms with Gasteiger partial charge in [0.2, 0.25) is 5.91 Å². The fraction of sp³-hybridized carbons (Fsp3) is 0.222. The maximum atomic E-state index is 12.1. The van der Waals surface area contributed by atoms with Crippen LogP contribution in [0.2, 0.25) is 0 Å². The quantitative estimate of drug-likeness (QED) is 0.891. The molecule has 22 heavy (non-hydrogen) atoms. The molecule has 0 aliphatic rings. The second kappa shape index (κ2) is 7.41. The number of benzene rings is 2. The van der Waals surface area contributed by atoms with Gasteiger partial charge >= 0.3 is 0 Å². The summed E-state index contributed by atoms with van der Waals surface area (Å²) in [5, 5.41) is 5.48. The molecule has 4 heteroatoms. The second-order valence-corrected chi connectivity index (χ2v) is 5.06. The fourth-order valence-corrected chi connectivity index (χ4v) is 2.23. The van der Waals surface area contributed by atoms with Gasteiger partial charge in [0, 0.05) is 11.3 Å². The second-order valence-electron chi connectivity index (χ2n) is 5.06. The molecular weight excluding hydrogens is 276 g/mol. The fourth-order valence-electron chi connectivity index (χ4n) is 2.23. The Labute approximate surface area is 130 Å². The van der Waals surface area contributed by atoms with Gasteiger partial charge in [0.25, 0.3) is 5.91 Å².